The summed E-state index contributed by atoms with van der Waals surface area (Å²) in [6.45, 7) is 7.04. The Balaban J connectivity index is 1.96. The number of amides is 2. The molecule has 2 aliphatic carbocycles. The van der Waals surface area contributed by atoms with Gasteiger partial charge in [-0.1, -0.05) is 12.2 Å². The number of rotatable bonds is 6. The number of hydrogen-bond donors (Lipinski definition) is 2. The second-order valence-electron chi connectivity index (χ2n) is 6.33. The van der Waals surface area contributed by atoms with E-state index >= 15 is 0 Å². The Morgan fingerprint density at radius 1 is 0.714 bits per heavy atom. The van der Waals surface area contributed by atoms with Crippen LogP contribution in [0.15, 0.2) is 37.4 Å². The molecule has 0 atom stereocenters. The molecule has 2 N–H and O–H groups in total. The van der Waals surface area contributed by atoms with E-state index in [1.807, 2.05) is 0 Å². The quantitative estimate of drug-likeness (QED) is 0.539. The van der Waals surface area contributed by atoms with Gasteiger partial charge in [0.05, 0.1) is 0 Å². The fourth-order valence-corrected chi connectivity index (χ4v) is 3.30. The van der Waals surface area contributed by atoms with Crippen molar-refractivity contribution in [2.75, 3.05) is 13.1 Å². The van der Waals surface area contributed by atoms with Gasteiger partial charge in [-0.25, -0.2) is 0 Å². The second kappa shape index (κ2) is 7.15. The molecule has 0 aliphatic heterocycles. The highest BCUT2D eigenvalue weighted by atomic mass is 16.2. The zero-order valence-electron chi connectivity index (χ0n) is 14.7. The molecule has 0 spiro atoms. The van der Waals surface area contributed by atoms with Gasteiger partial charge in [-0.3, -0.25) is 28.8 Å². The van der Waals surface area contributed by atoms with Gasteiger partial charge in [-0.05, 0) is 12.1 Å². The minimum Gasteiger partial charge on any atom is -0.352 e. The SMILES string of the molecule is C=CCNC(=O)C1C(=O)c2cc3c(cc2C1=O)C(=O)C(C(=O)NCC=C)C3=O. The van der Waals surface area contributed by atoms with Crippen molar-refractivity contribution in [3.8, 4) is 0 Å². The number of fused-ring (bicyclic) bond motifs is 2. The molecule has 0 saturated carbocycles. The molecule has 0 aromatic heterocycles. The molecule has 2 amide bonds. The van der Waals surface area contributed by atoms with E-state index in [9.17, 15) is 28.8 Å². The zero-order chi connectivity index (χ0) is 20.6. The van der Waals surface area contributed by atoms with Crippen molar-refractivity contribution in [1.29, 1.82) is 0 Å². The fourth-order valence-electron chi connectivity index (χ4n) is 3.30. The van der Waals surface area contributed by atoms with Gasteiger partial charge >= 0.3 is 0 Å². The van der Waals surface area contributed by atoms with Gasteiger partial charge < -0.3 is 10.6 Å². The number of benzene rings is 1. The third-order valence-electron chi connectivity index (χ3n) is 4.63. The van der Waals surface area contributed by atoms with E-state index in [0.717, 1.165) is 12.1 Å². The van der Waals surface area contributed by atoms with E-state index in [1.54, 1.807) is 0 Å². The summed E-state index contributed by atoms with van der Waals surface area (Å²) in [5.74, 6) is -7.65. The van der Waals surface area contributed by atoms with Crippen LogP contribution in [0, 0.1) is 11.8 Å². The van der Waals surface area contributed by atoms with Crippen LogP contribution < -0.4 is 10.6 Å². The normalized spacial score (nSPS) is 16.0. The van der Waals surface area contributed by atoms with Crippen LogP contribution in [-0.2, 0) is 9.59 Å². The zero-order valence-corrected chi connectivity index (χ0v) is 14.7. The minimum atomic E-state index is -1.56. The first kappa shape index (κ1) is 19.1. The topological polar surface area (TPSA) is 126 Å². The summed E-state index contributed by atoms with van der Waals surface area (Å²) >= 11 is 0. The maximum Gasteiger partial charge on any atom is 0.239 e. The number of carbonyl (C=O) groups is 6. The van der Waals surface area contributed by atoms with E-state index < -0.39 is 46.8 Å². The number of nitrogens with one attached hydrogen (secondary N) is 2. The summed E-state index contributed by atoms with van der Waals surface area (Å²) in [6.07, 6.45) is 2.80. The molecule has 2 aliphatic rings. The van der Waals surface area contributed by atoms with Gasteiger partial charge in [0.15, 0.2) is 35.0 Å². The maximum atomic E-state index is 12.6. The molecular weight excluding hydrogens is 364 g/mol. The Morgan fingerprint density at radius 3 is 1.25 bits per heavy atom. The van der Waals surface area contributed by atoms with Crippen molar-refractivity contribution in [3.05, 3.63) is 59.7 Å². The van der Waals surface area contributed by atoms with Crippen LogP contribution >= 0.6 is 0 Å². The van der Waals surface area contributed by atoms with Crippen LogP contribution in [-0.4, -0.2) is 48.0 Å². The summed E-state index contributed by atoms with van der Waals surface area (Å²) in [5.41, 5.74) is -0.404. The third kappa shape index (κ3) is 2.79. The van der Waals surface area contributed by atoms with Crippen molar-refractivity contribution in [1.82, 2.24) is 10.6 Å². The first-order valence-corrected chi connectivity index (χ1v) is 8.45. The molecule has 1 aromatic carbocycles. The minimum absolute atomic E-state index is 0.0845. The Morgan fingerprint density at radius 2 is 1.00 bits per heavy atom. The van der Waals surface area contributed by atoms with E-state index in [0.29, 0.717) is 0 Å². The van der Waals surface area contributed by atoms with Crippen LogP contribution in [0.25, 0.3) is 0 Å². The summed E-state index contributed by atoms with van der Waals surface area (Å²) in [4.78, 5) is 74.5. The average molecular weight is 380 g/mol. The third-order valence-corrected chi connectivity index (χ3v) is 4.63. The molecule has 28 heavy (non-hydrogen) atoms. The Bertz CT molecular complexity index is 860. The van der Waals surface area contributed by atoms with Gasteiger partial charge in [0.2, 0.25) is 11.8 Å². The number of ketones is 4. The molecule has 0 saturated heterocycles. The van der Waals surface area contributed by atoms with Crippen molar-refractivity contribution in [3.63, 3.8) is 0 Å². The van der Waals surface area contributed by atoms with Crippen molar-refractivity contribution < 1.29 is 28.8 Å². The van der Waals surface area contributed by atoms with E-state index in [4.69, 9.17) is 0 Å². The largest absolute Gasteiger partial charge is 0.352 e. The van der Waals surface area contributed by atoms with Crippen molar-refractivity contribution in [2.24, 2.45) is 11.8 Å². The molecular formula is C20H16N2O6. The Labute approximate surface area is 159 Å². The van der Waals surface area contributed by atoms with E-state index in [2.05, 4.69) is 23.8 Å². The predicted molar refractivity (Wildman–Crippen MR) is 97.2 cm³/mol. The van der Waals surface area contributed by atoms with Crippen molar-refractivity contribution in [2.45, 2.75) is 0 Å². The summed E-state index contributed by atoms with van der Waals surface area (Å²) in [5, 5.41) is 4.79. The van der Waals surface area contributed by atoms with E-state index in [-0.39, 0.29) is 35.3 Å². The molecule has 8 heteroatoms. The molecule has 0 fully saturated rings. The lowest BCUT2D eigenvalue weighted by atomic mass is 10.0. The maximum absolute atomic E-state index is 12.6. The molecule has 0 radical (unpaired) electrons. The van der Waals surface area contributed by atoms with Crippen LogP contribution in [0.3, 0.4) is 0 Å². The molecule has 0 heterocycles. The highest BCUT2D eigenvalue weighted by Crippen LogP contribution is 2.35. The number of carbonyl (C=O) groups excluding carboxylic acids is 6. The predicted octanol–water partition coefficient (Wildman–Crippen LogP) is 0.281. The van der Waals surface area contributed by atoms with Gasteiger partial charge in [-0.2, -0.15) is 0 Å². The van der Waals surface area contributed by atoms with Crippen LogP contribution in [0.5, 0.6) is 0 Å². The molecule has 0 bridgehead atoms. The van der Waals surface area contributed by atoms with E-state index in [1.165, 1.54) is 12.2 Å². The highest BCUT2D eigenvalue weighted by Gasteiger charge is 2.48. The number of Topliss-reactive ketones (excluding diaryl/α,β-unsaturated/α-hetero) is 4. The molecule has 142 valence electrons. The Hall–Kier alpha value is -3.68. The number of hydrogen-bond acceptors (Lipinski definition) is 6. The summed E-state index contributed by atoms with van der Waals surface area (Å²) in [7, 11) is 0. The standard InChI is InChI=1S/C20H16N2O6/c1-3-5-21-19(27)13-15(23)9-7-11-12(8-10(9)16(13)24)18(26)14(17(11)25)20(28)22-6-4-2/h3-4,7-8,13-14H,1-2,5-6H2,(H,21,27)(H,22,28). The molecule has 1 aromatic rings. The molecule has 8 nitrogen and oxygen atoms in total. The monoisotopic (exact) mass is 380 g/mol. The van der Waals surface area contributed by atoms with Crippen LogP contribution in [0.1, 0.15) is 41.4 Å². The summed E-state index contributed by atoms with van der Waals surface area (Å²) in [6, 6.07) is 2.26. The second-order valence-corrected chi connectivity index (χ2v) is 6.33. The lowest BCUT2D eigenvalue weighted by Gasteiger charge is -2.07. The lowest BCUT2D eigenvalue weighted by molar-refractivity contribution is -0.123. The summed E-state index contributed by atoms with van der Waals surface area (Å²) < 4.78 is 0. The fraction of sp³-hybridized carbons (Fsp3) is 0.200. The smallest absolute Gasteiger partial charge is 0.239 e. The van der Waals surface area contributed by atoms with Crippen LogP contribution in [0.4, 0.5) is 0 Å². The van der Waals surface area contributed by atoms with Crippen molar-refractivity contribution >= 4 is 34.9 Å². The lowest BCUT2D eigenvalue weighted by Crippen LogP contribution is -2.37. The Kier molecular flexibility index (Phi) is 4.87. The first-order chi connectivity index (χ1) is 13.3. The highest BCUT2D eigenvalue weighted by molar-refractivity contribution is 6.39. The van der Waals surface area contributed by atoms with Gasteiger partial charge in [-0.15, -0.1) is 13.2 Å². The van der Waals surface area contributed by atoms with Gasteiger partial charge in [0.1, 0.15) is 0 Å². The average Bonchev–Trinajstić information content (AvgIpc) is 3.07. The molecule has 3 rings (SSSR count). The van der Waals surface area contributed by atoms with Gasteiger partial charge in [0, 0.05) is 35.3 Å². The first-order valence-electron chi connectivity index (χ1n) is 8.45. The molecule has 0 unspecified atom stereocenters. The van der Waals surface area contributed by atoms with Crippen LogP contribution in [0.2, 0.25) is 0 Å². The van der Waals surface area contributed by atoms with Gasteiger partial charge in [0.25, 0.3) is 0 Å².